The molecular formula is C15H12FN3O2. The summed E-state index contributed by atoms with van der Waals surface area (Å²) in [5.41, 5.74) is 6.61. The number of nitrogen functional groups attached to an aromatic ring is 1. The van der Waals surface area contributed by atoms with E-state index in [0.717, 1.165) is 5.56 Å². The fourth-order valence-electron chi connectivity index (χ4n) is 1.82. The highest BCUT2D eigenvalue weighted by atomic mass is 19.1. The molecule has 2 aromatic carbocycles. The van der Waals surface area contributed by atoms with Crippen molar-refractivity contribution in [2.24, 2.45) is 0 Å². The molecule has 1 heterocycles. The highest BCUT2D eigenvalue weighted by Crippen LogP contribution is 2.22. The van der Waals surface area contributed by atoms with E-state index >= 15 is 0 Å². The Morgan fingerprint density at radius 2 is 1.81 bits per heavy atom. The first-order valence-electron chi connectivity index (χ1n) is 6.28. The number of hydrogen-bond acceptors (Lipinski definition) is 5. The molecule has 6 heteroatoms. The maximum absolute atomic E-state index is 13.5. The largest absolute Gasteiger partial charge is 0.489 e. The van der Waals surface area contributed by atoms with Crippen molar-refractivity contribution in [3.63, 3.8) is 0 Å². The van der Waals surface area contributed by atoms with Crippen LogP contribution in [0.15, 0.2) is 52.9 Å². The molecule has 3 aromatic rings. The first-order chi connectivity index (χ1) is 10.2. The van der Waals surface area contributed by atoms with E-state index in [1.54, 1.807) is 42.5 Å². The van der Waals surface area contributed by atoms with Gasteiger partial charge in [-0.25, -0.2) is 4.39 Å². The van der Waals surface area contributed by atoms with Crippen LogP contribution in [-0.2, 0) is 6.61 Å². The molecule has 0 saturated heterocycles. The molecule has 21 heavy (non-hydrogen) atoms. The zero-order chi connectivity index (χ0) is 14.7. The van der Waals surface area contributed by atoms with E-state index in [0.29, 0.717) is 17.2 Å². The summed E-state index contributed by atoms with van der Waals surface area (Å²) in [5.74, 6) is 0.679. The van der Waals surface area contributed by atoms with Crippen molar-refractivity contribution >= 4 is 6.01 Å². The molecule has 0 aliphatic carbocycles. The van der Waals surface area contributed by atoms with Gasteiger partial charge < -0.3 is 14.9 Å². The summed E-state index contributed by atoms with van der Waals surface area (Å²) in [4.78, 5) is 0. The molecule has 0 fully saturated rings. The van der Waals surface area contributed by atoms with Crippen molar-refractivity contribution in [3.8, 4) is 17.2 Å². The normalized spacial score (nSPS) is 10.5. The first kappa shape index (κ1) is 13.1. The van der Waals surface area contributed by atoms with Crippen LogP contribution < -0.4 is 10.5 Å². The summed E-state index contributed by atoms with van der Waals surface area (Å²) in [6.45, 7) is 0.166. The van der Waals surface area contributed by atoms with Gasteiger partial charge in [0, 0.05) is 11.1 Å². The summed E-state index contributed by atoms with van der Waals surface area (Å²) < 4.78 is 24.1. The molecule has 0 unspecified atom stereocenters. The lowest BCUT2D eigenvalue weighted by Crippen LogP contribution is -1.98. The molecule has 0 bridgehead atoms. The molecule has 2 N–H and O–H groups in total. The Hall–Kier alpha value is -2.89. The van der Waals surface area contributed by atoms with Crippen LogP contribution >= 0.6 is 0 Å². The van der Waals surface area contributed by atoms with E-state index in [1.165, 1.54) is 6.07 Å². The quantitative estimate of drug-likeness (QED) is 0.797. The summed E-state index contributed by atoms with van der Waals surface area (Å²) in [7, 11) is 0. The number of ether oxygens (including phenoxy) is 1. The molecule has 0 amide bonds. The molecule has 0 radical (unpaired) electrons. The van der Waals surface area contributed by atoms with Gasteiger partial charge in [0.25, 0.3) is 0 Å². The predicted octanol–water partition coefficient (Wildman–Crippen LogP) is 3.04. The maximum Gasteiger partial charge on any atom is 0.313 e. The Bertz CT molecular complexity index is 741. The Labute approximate surface area is 120 Å². The van der Waals surface area contributed by atoms with Gasteiger partial charge in [0.1, 0.15) is 18.2 Å². The third-order valence-electron chi connectivity index (χ3n) is 2.89. The third kappa shape index (κ3) is 3.00. The minimum absolute atomic E-state index is 0.0184. The van der Waals surface area contributed by atoms with Crippen LogP contribution in [0.5, 0.6) is 5.75 Å². The number of nitrogens with zero attached hydrogens (tertiary/aromatic N) is 2. The van der Waals surface area contributed by atoms with Crippen LogP contribution in [0.25, 0.3) is 11.5 Å². The molecule has 106 valence electrons. The van der Waals surface area contributed by atoms with Gasteiger partial charge in [0.2, 0.25) is 5.89 Å². The lowest BCUT2D eigenvalue weighted by molar-refractivity contribution is 0.300. The van der Waals surface area contributed by atoms with Crippen molar-refractivity contribution in [1.29, 1.82) is 0 Å². The Kier molecular flexibility index (Phi) is 3.51. The van der Waals surface area contributed by atoms with Crippen LogP contribution in [0, 0.1) is 5.82 Å². The zero-order valence-corrected chi connectivity index (χ0v) is 11.0. The SMILES string of the molecule is Nc1nnc(-c2ccc(OCc3ccccc3F)cc2)o1. The Morgan fingerprint density at radius 3 is 2.48 bits per heavy atom. The van der Waals surface area contributed by atoms with Crippen molar-refractivity contribution in [2.75, 3.05) is 5.73 Å². The molecule has 0 atom stereocenters. The number of rotatable bonds is 4. The third-order valence-corrected chi connectivity index (χ3v) is 2.89. The fourth-order valence-corrected chi connectivity index (χ4v) is 1.82. The van der Waals surface area contributed by atoms with Crippen molar-refractivity contribution < 1.29 is 13.5 Å². The molecule has 5 nitrogen and oxygen atoms in total. The lowest BCUT2D eigenvalue weighted by atomic mass is 10.2. The van der Waals surface area contributed by atoms with Gasteiger partial charge in [-0.05, 0) is 30.3 Å². The number of anilines is 1. The number of aromatic nitrogens is 2. The van der Waals surface area contributed by atoms with E-state index in [1.807, 2.05) is 0 Å². The van der Waals surface area contributed by atoms with Crippen LogP contribution in [0.3, 0.4) is 0 Å². The maximum atomic E-state index is 13.5. The van der Waals surface area contributed by atoms with E-state index < -0.39 is 0 Å². The summed E-state index contributed by atoms with van der Waals surface area (Å²) in [5, 5.41) is 7.38. The van der Waals surface area contributed by atoms with Crippen molar-refractivity contribution in [2.45, 2.75) is 6.61 Å². The molecule has 3 rings (SSSR count). The van der Waals surface area contributed by atoms with E-state index in [-0.39, 0.29) is 18.4 Å². The fraction of sp³-hybridized carbons (Fsp3) is 0.0667. The summed E-state index contributed by atoms with van der Waals surface area (Å²) >= 11 is 0. The van der Waals surface area contributed by atoms with Crippen LogP contribution in [0.2, 0.25) is 0 Å². The van der Waals surface area contributed by atoms with Crippen LogP contribution in [0.4, 0.5) is 10.4 Å². The molecule has 0 saturated carbocycles. The minimum Gasteiger partial charge on any atom is -0.489 e. The first-order valence-corrected chi connectivity index (χ1v) is 6.28. The monoisotopic (exact) mass is 285 g/mol. The number of halogens is 1. The van der Waals surface area contributed by atoms with Gasteiger partial charge in [-0.2, -0.15) is 0 Å². The van der Waals surface area contributed by atoms with Gasteiger partial charge in [-0.1, -0.05) is 23.3 Å². The zero-order valence-electron chi connectivity index (χ0n) is 11.0. The number of nitrogens with two attached hydrogens (primary N) is 1. The van der Waals surface area contributed by atoms with Crippen molar-refractivity contribution in [3.05, 3.63) is 59.9 Å². The summed E-state index contributed by atoms with van der Waals surface area (Å²) in [6.07, 6.45) is 0. The highest BCUT2D eigenvalue weighted by molar-refractivity contribution is 5.54. The summed E-state index contributed by atoms with van der Waals surface area (Å²) in [6, 6.07) is 13.5. The van der Waals surface area contributed by atoms with Gasteiger partial charge in [0.15, 0.2) is 0 Å². The second-order valence-corrected chi connectivity index (χ2v) is 4.35. The van der Waals surface area contributed by atoms with E-state index in [2.05, 4.69) is 10.2 Å². The average molecular weight is 285 g/mol. The van der Waals surface area contributed by atoms with Crippen LogP contribution in [-0.4, -0.2) is 10.2 Å². The Balaban J connectivity index is 1.69. The van der Waals surface area contributed by atoms with Gasteiger partial charge in [-0.15, -0.1) is 5.10 Å². The number of hydrogen-bond donors (Lipinski definition) is 1. The van der Waals surface area contributed by atoms with Crippen molar-refractivity contribution in [1.82, 2.24) is 10.2 Å². The van der Waals surface area contributed by atoms with Gasteiger partial charge >= 0.3 is 6.01 Å². The standard InChI is InChI=1S/C15H12FN3O2/c16-13-4-2-1-3-11(13)9-20-12-7-5-10(6-8-12)14-18-19-15(17)21-14/h1-8H,9H2,(H2,17,19). The molecule has 0 aliphatic heterocycles. The highest BCUT2D eigenvalue weighted by Gasteiger charge is 2.07. The predicted molar refractivity (Wildman–Crippen MR) is 74.9 cm³/mol. The smallest absolute Gasteiger partial charge is 0.313 e. The second kappa shape index (κ2) is 5.62. The lowest BCUT2D eigenvalue weighted by Gasteiger charge is -2.07. The molecular weight excluding hydrogens is 273 g/mol. The van der Waals surface area contributed by atoms with E-state index in [4.69, 9.17) is 14.9 Å². The topological polar surface area (TPSA) is 74.2 Å². The minimum atomic E-state index is -0.282. The Morgan fingerprint density at radius 1 is 1.05 bits per heavy atom. The van der Waals surface area contributed by atoms with Crippen LogP contribution in [0.1, 0.15) is 5.56 Å². The number of benzene rings is 2. The second-order valence-electron chi connectivity index (χ2n) is 4.35. The molecule has 0 aliphatic rings. The molecule has 0 spiro atoms. The van der Waals surface area contributed by atoms with E-state index in [9.17, 15) is 4.39 Å². The average Bonchev–Trinajstić information content (AvgIpc) is 2.94. The van der Waals surface area contributed by atoms with Gasteiger partial charge in [-0.3, -0.25) is 0 Å². The molecule has 1 aromatic heterocycles. The van der Waals surface area contributed by atoms with Gasteiger partial charge in [0.05, 0.1) is 0 Å².